The molecule has 1 fully saturated rings. The number of ketones is 1. The van der Waals surface area contributed by atoms with Crippen LogP contribution in [-0.2, 0) is 9.59 Å². The largest absolute Gasteiger partial charge is 0.481 e. The lowest BCUT2D eigenvalue weighted by Gasteiger charge is -2.16. The van der Waals surface area contributed by atoms with E-state index in [2.05, 4.69) is 6.92 Å². The van der Waals surface area contributed by atoms with Gasteiger partial charge in [0, 0.05) is 24.7 Å². The summed E-state index contributed by atoms with van der Waals surface area (Å²) in [5.74, 6) is -1.26. The third kappa shape index (κ3) is 8.45. The fourth-order valence-corrected chi connectivity index (χ4v) is 3.22. The Morgan fingerprint density at radius 2 is 2.04 bits per heavy atom. The Hall–Kier alpha value is -1.46. The normalized spacial score (nSPS) is 25.2. The third-order valence-corrected chi connectivity index (χ3v) is 4.71. The number of allylic oxidation sites excluding steroid dienone is 2. The molecule has 0 radical (unpaired) electrons. The van der Waals surface area contributed by atoms with Gasteiger partial charge in [0.25, 0.3) is 0 Å². The molecule has 2 unspecified atom stereocenters. The van der Waals surface area contributed by atoms with E-state index in [0.29, 0.717) is 25.7 Å². The quantitative estimate of drug-likeness (QED) is 0.370. The van der Waals surface area contributed by atoms with Gasteiger partial charge in [0.2, 0.25) is 0 Å². The monoisotopic (exact) mass is 352 g/mol. The number of carbonyl (C=O) groups is 2. The van der Waals surface area contributed by atoms with Gasteiger partial charge in [0.05, 0.1) is 12.2 Å². The van der Waals surface area contributed by atoms with Crippen LogP contribution in [0.5, 0.6) is 0 Å². The number of carboxylic acids is 1. The molecule has 1 aliphatic carbocycles. The summed E-state index contributed by atoms with van der Waals surface area (Å²) in [7, 11) is 0. The van der Waals surface area contributed by atoms with Crippen molar-refractivity contribution in [2.45, 2.75) is 76.9 Å². The number of aliphatic hydroxyl groups is 2. The number of Topliss-reactive ketones (excluding diaryl/α,β-unsaturated/α-hetero) is 1. The van der Waals surface area contributed by atoms with Crippen molar-refractivity contribution in [2.75, 3.05) is 0 Å². The highest BCUT2D eigenvalue weighted by molar-refractivity contribution is 5.84. The molecular weight excluding hydrogens is 320 g/mol. The first-order valence-corrected chi connectivity index (χ1v) is 9.39. The SMILES string of the molecule is CCCCC[C@@H](O)/C=C/[C@H]1C(O)CC(=O)C1C/C=C\CCCC(=O)O. The molecule has 5 nitrogen and oxygen atoms in total. The lowest BCUT2D eigenvalue weighted by Crippen LogP contribution is -2.18. The molecule has 0 aromatic rings. The van der Waals surface area contributed by atoms with Gasteiger partial charge in [0.1, 0.15) is 5.78 Å². The van der Waals surface area contributed by atoms with Gasteiger partial charge in [-0.05, 0) is 25.7 Å². The number of carbonyl (C=O) groups excluding carboxylic acids is 1. The van der Waals surface area contributed by atoms with Gasteiger partial charge in [-0.1, -0.05) is 50.5 Å². The van der Waals surface area contributed by atoms with E-state index >= 15 is 0 Å². The molecule has 25 heavy (non-hydrogen) atoms. The Morgan fingerprint density at radius 1 is 1.28 bits per heavy atom. The second-order valence-electron chi connectivity index (χ2n) is 6.86. The van der Waals surface area contributed by atoms with Crippen LogP contribution in [0.2, 0.25) is 0 Å². The van der Waals surface area contributed by atoms with E-state index in [1.165, 1.54) is 0 Å². The maximum atomic E-state index is 12.1. The molecule has 0 saturated heterocycles. The zero-order valence-corrected chi connectivity index (χ0v) is 15.1. The van der Waals surface area contributed by atoms with Crippen molar-refractivity contribution in [3.63, 3.8) is 0 Å². The lowest BCUT2D eigenvalue weighted by molar-refractivity contribution is -0.137. The van der Waals surface area contributed by atoms with Crippen LogP contribution in [0, 0.1) is 11.8 Å². The van der Waals surface area contributed by atoms with Crippen LogP contribution in [0.25, 0.3) is 0 Å². The van der Waals surface area contributed by atoms with Crippen molar-refractivity contribution in [3.8, 4) is 0 Å². The van der Waals surface area contributed by atoms with Gasteiger partial charge < -0.3 is 15.3 Å². The van der Waals surface area contributed by atoms with Gasteiger partial charge in [0.15, 0.2) is 0 Å². The Bertz CT molecular complexity index is 469. The average molecular weight is 352 g/mol. The summed E-state index contributed by atoms with van der Waals surface area (Å²) in [6.07, 6.45) is 12.1. The molecule has 0 aromatic heterocycles. The van der Waals surface area contributed by atoms with Crippen LogP contribution in [-0.4, -0.2) is 39.3 Å². The topological polar surface area (TPSA) is 94.8 Å². The first-order valence-electron chi connectivity index (χ1n) is 9.39. The van der Waals surface area contributed by atoms with Crippen LogP contribution >= 0.6 is 0 Å². The predicted molar refractivity (Wildman–Crippen MR) is 97.1 cm³/mol. The van der Waals surface area contributed by atoms with Crippen molar-refractivity contribution in [2.24, 2.45) is 11.8 Å². The van der Waals surface area contributed by atoms with Crippen molar-refractivity contribution in [3.05, 3.63) is 24.3 Å². The second kappa shape index (κ2) is 12.0. The predicted octanol–water partition coefficient (Wildman–Crippen LogP) is 3.25. The molecule has 1 saturated carbocycles. The zero-order valence-electron chi connectivity index (χ0n) is 15.1. The summed E-state index contributed by atoms with van der Waals surface area (Å²) in [6.45, 7) is 2.11. The Labute approximate surface area is 150 Å². The minimum absolute atomic E-state index is 0.0535. The minimum Gasteiger partial charge on any atom is -0.481 e. The fourth-order valence-electron chi connectivity index (χ4n) is 3.22. The maximum Gasteiger partial charge on any atom is 0.303 e. The molecule has 142 valence electrons. The molecular formula is C20H32O5. The number of unbranched alkanes of at least 4 members (excludes halogenated alkanes) is 3. The highest BCUT2D eigenvalue weighted by Gasteiger charge is 2.39. The molecule has 0 heterocycles. The van der Waals surface area contributed by atoms with E-state index in [4.69, 9.17) is 5.11 Å². The van der Waals surface area contributed by atoms with Gasteiger partial charge in [-0.2, -0.15) is 0 Å². The molecule has 0 amide bonds. The Morgan fingerprint density at radius 3 is 2.72 bits per heavy atom. The molecule has 0 bridgehead atoms. The van der Waals surface area contributed by atoms with Crippen molar-refractivity contribution >= 4 is 11.8 Å². The standard InChI is InChI=1S/C20H32O5/c1-2-3-6-9-15(21)12-13-17-16(18(22)14-19(17)23)10-7-4-5-8-11-20(24)25/h4,7,12-13,15-17,19,21,23H,2-3,5-6,8-11,14H2,1H3,(H,24,25)/b7-4-,13-12+/t15-,16?,17-,19?/m1/s1. The van der Waals surface area contributed by atoms with E-state index < -0.39 is 18.2 Å². The molecule has 1 rings (SSSR count). The average Bonchev–Trinajstić information content (AvgIpc) is 2.82. The highest BCUT2D eigenvalue weighted by Crippen LogP contribution is 2.33. The van der Waals surface area contributed by atoms with E-state index in [-0.39, 0.29) is 30.5 Å². The summed E-state index contributed by atoms with van der Waals surface area (Å²) in [5.41, 5.74) is 0. The van der Waals surface area contributed by atoms with Crippen molar-refractivity contribution in [1.82, 2.24) is 0 Å². The van der Waals surface area contributed by atoms with Crippen molar-refractivity contribution in [1.29, 1.82) is 0 Å². The summed E-state index contributed by atoms with van der Waals surface area (Å²) < 4.78 is 0. The number of aliphatic carboxylic acids is 1. The van der Waals surface area contributed by atoms with Crippen LogP contribution < -0.4 is 0 Å². The molecule has 1 aliphatic rings. The summed E-state index contributed by atoms with van der Waals surface area (Å²) in [4.78, 5) is 22.5. The van der Waals surface area contributed by atoms with E-state index in [1.807, 2.05) is 12.2 Å². The lowest BCUT2D eigenvalue weighted by atomic mass is 9.90. The van der Waals surface area contributed by atoms with Gasteiger partial charge in [-0.15, -0.1) is 0 Å². The third-order valence-electron chi connectivity index (χ3n) is 4.71. The summed E-state index contributed by atoms with van der Waals surface area (Å²) >= 11 is 0. The van der Waals surface area contributed by atoms with Crippen LogP contribution in [0.15, 0.2) is 24.3 Å². The smallest absolute Gasteiger partial charge is 0.303 e. The molecule has 5 heteroatoms. The second-order valence-corrected chi connectivity index (χ2v) is 6.86. The van der Waals surface area contributed by atoms with E-state index in [9.17, 15) is 19.8 Å². The van der Waals surface area contributed by atoms with Gasteiger partial charge in [-0.25, -0.2) is 0 Å². The van der Waals surface area contributed by atoms with Crippen molar-refractivity contribution < 1.29 is 24.9 Å². The molecule has 0 spiro atoms. The maximum absolute atomic E-state index is 12.1. The number of hydrogen-bond acceptors (Lipinski definition) is 4. The molecule has 0 aromatic carbocycles. The highest BCUT2D eigenvalue weighted by atomic mass is 16.4. The first kappa shape index (κ1) is 21.6. The van der Waals surface area contributed by atoms with Crippen LogP contribution in [0.4, 0.5) is 0 Å². The molecule has 4 atom stereocenters. The number of rotatable bonds is 12. The Kier molecular flexibility index (Phi) is 10.3. The van der Waals surface area contributed by atoms with Gasteiger partial charge >= 0.3 is 5.97 Å². The number of aliphatic hydroxyl groups excluding tert-OH is 2. The van der Waals surface area contributed by atoms with E-state index in [0.717, 1.165) is 19.3 Å². The summed E-state index contributed by atoms with van der Waals surface area (Å²) in [5, 5.41) is 28.7. The minimum atomic E-state index is -0.801. The molecule has 3 N–H and O–H groups in total. The van der Waals surface area contributed by atoms with Crippen LogP contribution in [0.3, 0.4) is 0 Å². The number of hydrogen-bond donors (Lipinski definition) is 3. The molecule has 0 aliphatic heterocycles. The van der Waals surface area contributed by atoms with Gasteiger partial charge in [-0.3, -0.25) is 9.59 Å². The summed E-state index contributed by atoms with van der Waals surface area (Å²) in [6, 6.07) is 0. The number of carboxylic acid groups (broad SMARTS) is 1. The Balaban J connectivity index is 2.48. The zero-order chi connectivity index (χ0) is 18.7. The first-order chi connectivity index (χ1) is 12.0. The fraction of sp³-hybridized carbons (Fsp3) is 0.700. The van der Waals surface area contributed by atoms with Crippen LogP contribution in [0.1, 0.15) is 64.7 Å². The van der Waals surface area contributed by atoms with E-state index in [1.54, 1.807) is 12.2 Å².